The van der Waals surface area contributed by atoms with Crippen LogP contribution in [0.5, 0.6) is 0 Å². The molecule has 0 nitrogen and oxygen atoms in total. The summed E-state index contributed by atoms with van der Waals surface area (Å²) in [5.74, 6) is 0.314. The van der Waals surface area contributed by atoms with Crippen molar-refractivity contribution in [3.8, 4) is 0 Å². The Morgan fingerprint density at radius 1 is 1.06 bits per heavy atom. The molecule has 0 amide bonds. The molecule has 32 heavy (non-hydrogen) atoms. The number of rotatable bonds is 9. The fourth-order valence-electron chi connectivity index (χ4n) is 4.17. The van der Waals surface area contributed by atoms with Crippen molar-refractivity contribution in [2.24, 2.45) is 5.92 Å². The van der Waals surface area contributed by atoms with Gasteiger partial charge in [0, 0.05) is 5.92 Å². The fraction of sp³-hybridized carbons (Fsp3) is 0.290. The molecule has 0 saturated carbocycles. The number of hydrogen-bond acceptors (Lipinski definition) is 0. The van der Waals surface area contributed by atoms with E-state index in [2.05, 4.69) is 114 Å². The monoisotopic (exact) mass is 442 g/mol. The Bertz CT molecular complexity index is 1080. The van der Waals surface area contributed by atoms with E-state index in [0.29, 0.717) is 5.92 Å². The van der Waals surface area contributed by atoms with Gasteiger partial charge in [0.25, 0.3) is 0 Å². The molecule has 0 radical (unpaired) electrons. The zero-order chi connectivity index (χ0) is 23.3. The summed E-state index contributed by atoms with van der Waals surface area (Å²) in [5, 5.41) is 4.11. The van der Waals surface area contributed by atoms with Crippen molar-refractivity contribution in [3.63, 3.8) is 0 Å². The summed E-state index contributed by atoms with van der Waals surface area (Å²) < 4.78 is 0. The highest BCUT2D eigenvalue weighted by atomic mass is 31.1. The first-order chi connectivity index (χ1) is 15.6. The third-order valence-electron chi connectivity index (χ3n) is 5.82. The number of benzene rings is 1. The molecule has 0 saturated heterocycles. The molecule has 0 bridgehead atoms. The van der Waals surface area contributed by atoms with E-state index in [1.807, 2.05) is 12.2 Å². The molecule has 0 fully saturated rings. The molecule has 168 valence electrons. The zero-order valence-corrected chi connectivity index (χ0v) is 21.5. The van der Waals surface area contributed by atoms with Crippen molar-refractivity contribution in [2.75, 3.05) is 6.16 Å². The SMILES string of the molecule is C=C/C=C\C=C(/C)PCC1=C(/C(CC)=c2\cccc\c2=C\C)C(C=CCC)/C(=C\C)C=C1. The second kappa shape index (κ2) is 13.9. The second-order valence-electron chi connectivity index (χ2n) is 7.91. The average molecular weight is 443 g/mol. The molecule has 1 aliphatic carbocycles. The summed E-state index contributed by atoms with van der Waals surface area (Å²) in [6, 6.07) is 8.84. The lowest BCUT2D eigenvalue weighted by molar-refractivity contribution is 0.902. The maximum atomic E-state index is 3.76. The smallest absolute Gasteiger partial charge is 0.0272 e. The molecule has 1 heteroatoms. The highest BCUT2D eigenvalue weighted by Crippen LogP contribution is 2.40. The number of hydrogen-bond donors (Lipinski definition) is 0. The standard InChI is InChI=1S/C31H39P/c1-7-12-14-17-24(6)32-23-27-22-21-26(10-4)30(19-13-8-2)31(27)28(11-5)29-20-16-15-18-25(29)9-3/h7,9-10,12-22,30,32H,1,8,11,23H2,2-6H3/b14-12-,19-13?,24-17+,25-9-,26-10-,29-28+. The van der Waals surface area contributed by atoms with E-state index in [4.69, 9.17) is 0 Å². The van der Waals surface area contributed by atoms with Crippen LogP contribution in [0.3, 0.4) is 0 Å². The van der Waals surface area contributed by atoms with Gasteiger partial charge in [-0.3, -0.25) is 0 Å². The molecule has 2 atom stereocenters. The molecule has 0 heterocycles. The summed E-state index contributed by atoms with van der Waals surface area (Å²) in [4.78, 5) is 0. The fourth-order valence-corrected chi connectivity index (χ4v) is 5.16. The van der Waals surface area contributed by atoms with Crippen molar-refractivity contribution in [3.05, 3.63) is 118 Å². The first-order valence-electron chi connectivity index (χ1n) is 11.8. The third kappa shape index (κ3) is 6.78. The van der Waals surface area contributed by atoms with Gasteiger partial charge in [-0.1, -0.05) is 119 Å². The Kier molecular flexibility index (Phi) is 11.2. The van der Waals surface area contributed by atoms with Crippen LogP contribution in [0.15, 0.2) is 108 Å². The zero-order valence-electron chi connectivity index (χ0n) is 20.5. The Morgan fingerprint density at radius 3 is 2.50 bits per heavy atom. The summed E-state index contributed by atoms with van der Waals surface area (Å²) >= 11 is 0. The highest BCUT2D eigenvalue weighted by Gasteiger charge is 2.24. The summed E-state index contributed by atoms with van der Waals surface area (Å²) in [5.41, 5.74) is 5.84. The normalized spacial score (nSPS) is 20.5. The Labute approximate surface area is 197 Å². The van der Waals surface area contributed by atoms with Gasteiger partial charge in [-0.05, 0) is 72.5 Å². The first-order valence-corrected chi connectivity index (χ1v) is 13.0. The minimum atomic E-state index is 0.314. The molecule has 1 aliphatic rings. The van der Waals surface area contributed by atoms with Crippen LogP contribution in [0.1, 0.15) is 47.5 Å². The van der Waals surface area contributed by atoms with Gasteiger partial charge >= 0.3 is 0 Å². The highest BCUT2D eigenvalue weighted by molar-refractivity contribution is 7.43. The van der Waals surface area contributed by atoms with Gasteiger partial charge in [-0.25, -0.2) is 0 Å². The molecule has 0 spiro atoms. The third-order valence-corrected chi connectivity index (χ3v) is 7.10. The minimum Gasteiger partial charge on any atom is -0.0991 e. The van der Waals surface area contributed by atoms with Gasteiger partial charge in [0.15, 0.2) is 0 Å². The van der Waals surface area contributed by atoms with E-state index in [9.17, 15) is 0 Å². The van der Waals surface area contributed by atoms with E-state index >= 15 is 0 Å². The van der Waals surface area contributed by atoms with Crippen molar-refractivity contribution < 1.29 is 0 Å². The topological polar surface area (TPSA) is 0 Å². The van der Waals surface area contributed by atoms with Crippen LogP contribution in [0.4, 0.5) is 0 Å². The maximum Gasteiger partial charge on any atom is 0.0272 e. The van der Waals surface area contributed by atoms with Crippen LogP contribution in [0, 0.1) is 5.92 Å². The predicted molar refractivity (Wildman–Crippen MR) is 149 cm³/mol. The molecule has 0 N–H and O–H groups in total. The van der Waals surface area contributed by atoms with Crippen LogP contribution in [-0.4, -0.2) is 6.16 Å². The van der Waals surface area contributed by atoms with Gasteiger partial charge in [0.1, 0.15) is 0 Å². The van der Waals surface area contributed by atoms with Gasteiger partial charge in [-0.15, -0.1) is 0 Å². The van der Waals surface area contributed by atoms with Gasteiger partial charge in [-0.2, -0.15) is 0 Å². The van der Waals surface area contributed by atoms with Gasteiger partial charge in [0.05, 0.1) is 0 Å². The minimum absolute atomic E-state index is 0.314. The largest absolute Gasteiger partial charge is 0.0991 e. The summed E-state index contributed by atoms with van der Waals surface area (Å²) in [7, 11) is 0.770. The van der Waals surface area contributed by atoms with Crippen LogP contribution in [0.2, 0.25) is 0 Å². The molecular formula is C31H39P. The van der Waals surface area contributed by atoms with Crippen LogP contribution in [0.25, 0.3) is 11.6 Å². The molecular weight excluding hydrogens is 403 g/mol. The average Bonchev–Trinajstić information content (AvgIpc) is 2.82. The van der Waals surface area contributed by atoms with Crippen LogP contribution < -0.4 is 10.4 Å². The van der Waals surface area contributed by atoms with E-state index < -0.39 is 0 Å². The lowest BCUT2D eigenvalue weighted by Gasteiger charge is -2.28. The van der Waals surface area contributed by atoms with Crippen LogP contribution >= 0.6 is 8.58 Å². The second-order valence-corrected chi connectivity index (χ2v) is 9.40. The number of allylic oxidation sites excluding steroid dienone is 13. The molecule has 1 aromatic rings. The van der Waals surface area contributed by atoms with E-state index in [1.165, 1.54) is 38.0 Å². The van der Waals surface area contributed by atoms with E-state index in [0.717, 1.165) is 27.6 Å². The molecule has 0 aliphatic heterocycles. The molecule has 1 aromatic carbocycles. The van der Waals surface area contributed by atoms with Crippen molar-refractivity contribution in [1.29, 1.82) is 0 Å². The Hall–Kier alpha value is -2.43. The molecule has 2 rings (SSSR count). The molecule has 0 aromatic heterocycles. The predicted octanol–water partition coefficient (Wildman–Crippen LogP) is 7.77. The summed E-state index contributed by atoms with van der Waals surface area (Å²) in [6.45, 7) is 14.8. The Morgan fingerprint density at radius 2 is 1.84 bits per heavy atom. The van der Waals surface area contributed by atoms with Crippen LogP contribution in [-0.2, 0) is 0 Å². The lowest BCUT2D eigenvalue weighted by Crippen LogP contribution is -2.28. The van der Waals surface area contributed by atoms with E-state index in [-0.39, 0.29) is 0 Å². The summed E-state index contributed by atoms with van der Waals surface area (Å²) in [6.07, 6.45) is 25.2. The van der Waals surface area contributed by atoms with Gasteiger partial charge in [0.2, 0.25) is 0 Å². The van der Waals surface area contributed by atoms with Crippen molar-refractivity contribution in [2.45, 2.75) is 47.5 Å². The molecule has 2 unspecified atom stereocenters. The lowest BCUT2D eigenvalue weighted by atomic mass is 9.78. The first kappa shape index (κ1) is 25.8. The quantitative estimate of drug-likeness (QED) is 0.208. The van der Waals surface area contributed by atoms with E-state index in [1.54, 1.807) is 0 Å². The maximum absolute atomic E-state index is 3.76. The van der Waals surface area contributed by atoms with Crippen molar-refractivity contribution in [1.82, 2.24) is 0 Å². The van der Waals surface area contributed by atoms with Gasteiger partial charge < -0.3 is 0 Å². The Balaban J connectivity index is 2.73. The van der Waals surface area contributed by atoms with Crippen molar-refractivity contribution >= 4 is 20.2 Å².